The number of carbonyl (C=O) groups is 1. The molecule has 0 aliphatic heterocycles. The van der Waals surface area contributed by atoms with Crippen LogP contribution in [0.1, 0.15) is 30.3 Å². The first-order valence-electron chi connectivity index (χ1n) is 6.22. The molecule has 2 rings (SSSR count). The summed E-state index contributed by atoms with van der Waals surface area (Å²) in [6.45, 7) is 2.80. The lowest BCUT2D eigenvalue weighted by atomic mass is 10.1. The lowest BCUT2D eigenvalue weighted by molar-refractivity contribution is 0.0692. The highest BCUT2D eigenvalue weighted by Gasteiger charge is 2.14. The molecule has 1 aromatic carbocycles. The molecule has 0 saturated heterocycles. The Kier molecular flexibility index (Phi) is 4.18. The van der Waals surface area contributed by atoms with Gasteiger partial charge in [-0.15, -0.1) is 0 Å². The van der Waals surface area contributed by atoms with E-state index >= 15 is 0 Å². The lowest BCUT2D eigenvalue weighted by Gasteiger charge is -2.06. The minimum atomic E-state index is -1.02. The Morgan fingerprint density at radius 1 is 1.37 bits per heavy atom. The number of ether oxygens (including phenoxy) is 1. The number of aromatic nitrogens is 2. The number of nitrogens with zero attached hydrogens (tertiary/aromatic N) is 1. The first kappa shape index (κ1) is 13.1. The first-order valence-corrected chi connectivity index (χ1v) is 6.22. The number of hydrogen-bond acceptors (Lipinski definition) is 3. The molecule has 0 saturated carbocycles. The monoisotopic (exact) mass is 260 g/mol. The predicted octanol–water partition coefficient (Wildman–Crippen LogP) is 2.95. The lowest BCUT2D eigenvalue weighted by Crippen LogP contribution is -1.99. The molecular weight excluding hydrogens is 244 g/mol. The number of rotatable bonds is 6. The molecule has 2 N–H and O–H groups in total. The van der Waals surface area contributed by atoms with Crippen LogP contribution in [0.5, 0.6) is 5.75 Å². The molecule has 0 aliphatic rings. The molecule has 0 aliphatic carbocycles. The average molecular weight is 260 g/mol. The summed E-state index contributed by atoms with van der Waals surface area (Å²) in [5.74, 6) is -0.236. The molecule has 0 unspecified atom stereocenters. The predicted molar refractivity (Wildman–Crippen MR) is 71.4 cm³/mol. The maximum Gasteiger partial charge on any atom is 0.354 e. The Morgan fingerprint density at radius 2 is 2.11 bits per heavy atom. The molecule has 0 fully saturated rings. The maximum atomic E-state index is 11.0. The zero-order valence-electron chi connectivity index (χ0n) is 10.7. The largest absolute Gasteiger partial charge is 0.494 e. The molecule has 19 heavy (non-hydrogen) atoms. The van der Waals surface area contributed by atoms with Crippen molar-refractivity contribution in [3.63, 3.8) is 0 Å². The van der Waals surface area contributed by atoms with E-state index < -0.39 is 5.97 Å². The molecule has 2 aromatic rings. The summed E-state index contributed by atoms with van der Waals surface area (Å²) >= 11 is 0. The molecule has 0 atom stereocenters. The third-order valence-corrected chi connectivity index (χ3v) is 2.75. The van der Waals surface area contributed by atoms with Gasteiger partial charge in [-0.25, -0.2) is 9.78 Å². The highest BCUT2D eigenvalue weighted by Crippen LogP contribution is 2.23. The van der Waals surface area contributed by atoms with E-state index in [1.165, 1.54) is 6.33 Å². The Labute approximate surface area is 111 Å². The number of imidazole rings is 1. The van der Waals surface area contributed by atoms with Crippen molar-refractivity contribution in [1.82, 2.24) is 9.97 Å². The number of nitrogens with one attached hydrogen (secondary N) is 1. The first-order chi connectivity index (χ1) is 9.22. The Hall–Kier alpha value is -2.30. The summed E-state index contributed by atoms with van der Waals surface area (Å²) in [6.07, 6.45) is 3.49. The number of carboxylic acids is 1. The van der Waals surface area contributed by atoms with E-state index in [0.717, 1.165) is 24.2 Å². The Bertz CT molecular complexity index is 546. The molecule has 0 bridgehead atoms. The third kappa shape index (κ3) is 3.13. The van der Waals surface area contributed by atoms with E-state index in [2.05, 4.69) is 16.9 Å². The zero-order chi connectivity index (χ0) is 13.7. The van der Waals surface area contributed by atoms with Crippen molar-refractivity contribution in [3.05, 3.63) is 36.3 Å². The van der Waals surface area contributed by atoms with Crippen LogP contribution < -0.4 is 4.74 Å². The van der Waals surface area contributed by atoms with Gasteiger partial charge in [0.15, 0.2) is 5.69 Å². The summed E-state index contributed by atoms with van der Waals surface area (Å²) < 4.78 is 5.55. The number of benzene rings is 1. The average Bonchev–Trinajstić information content (AvgIpc) is 2.89. The van der Waals surface area contributed by atoms with E-state index in [-0.39, 0.29) is 5.69 Å². The van der Waals surface area contributed by atoms with Gasteiger partial charge >= 0.3 is 5.97 Å². The Balaban J connectivity index is 2.13. The van der Waals surface area contributed by atoms with Crippen LogP contribution in [-0.4, -0.2) is 27.7 Å². The molecule has 100 valence electrons. The molecule has 0 spiro atoms. The summed E-state index contributed by atoms with van der Waals surface area (Å²) in [5, 5.41) is 9.02. The molecule has 1 heterocycles. The van der Waals surface area contributed by atoms with Gasteiger partial charge < -0.3 is 14.8 Å². The van der Waals surface area contributed by atoms with Crippen molar-refractivity contribution in [1.29, 1.82) is 0 Å². The van der Waals surface area contributed by atoms with Gasteiger partial charge in [-0.05, 0) is 30.7 Å². The van der Waals surface area contributed by atoms with Crippen molar-refractivity contribution < 1.29 is 14.6 Å². The standard InChI is InChI=1S/C14H16N2O3/c1-2-3-8-19-11-6-4-10(5-7-11)12-13(14(17)18)16-9-15-12/h4-7,9H,2-3,8H2,1H3,(H,15,16)(H,17,18). The normalized spacial score (nSPS) is 10.4. The van der Waals surface area contributed by atoms with Crippen molar-refractivity contribution in [2.45, 2.75) is 19.8 Å². The third-order valence-electron chi connectivity index (χ3n) is 2.75. The number of aromatic carboxylic acids is 1. The summed E-state index contributed by atoms with van der Waals surface area (Å²) in [6, 6.07) is 7.27. The van der Waals surface area contributed by atoms with E-state index in [4.69, 9.17) is 9.84 Å². The smallest absolute Gasteiger partial charge is 0.354 e. The highest BCUT2D eigenvalue weighted by atomic mass is 16.5. The quantitative estimate of drug-likeness (QED) is 0.783. The van der Waals surface area contributed by atoms with Gasteiger partial charge in [0.05, 0.1) is 12.9 Å². The van der Waals surface area contributed by atoms with Gasteiger partial charge in [0.1, 0.15) is 11.4 Å². The molecule has 0 radical (unpaired) electrons. The van der Waals surface area contributed by atoms with E-state index in [1.807, 2.05) is 24.3 Å². The van der Waals surface area contributed by atoms with Crippen LogP contribution in [0.4, 0.5) is 0 Å². The van der Waals surface area contributed by atoms with Gasteiger partial charge in [0, 0.05) is 5.56 Å². The summed E-state index contributed by atoms with van der Waals surface area (Å²) in [4.78, 5) is 17.7. The van der Waals surface area contributed by atoms with E-state index in [1.54, 1.807) is 0 Å². The zero-order valence-corrected chi connectivity index (χ0v) is 10.7. The second-order valence-electron chi connectivity index (χ2n) is 4.16. The van der Waals surface area contributed by atoms with Gasteiger partial charge in [-0.2, -0.15) is 0 Å². The fourth-order valence-electron chi connectivity index (χ4n) is 1.72. The molecule has 5 heteroatoms. The van der Waals surface area contributed by atoms with Crippen LogP contribution in [0.2, 0.25) is 0 Å². The maximum absolute atomic E-state index is 11.0. The van der Waals surface area contributed by atoms with Crippen LogP contribution in [-0.2, 0) is 0 Å². The topological polar surface area (TPSA) is 75.2 Å². The fraction of sp³-hybridized carbons (Fsp3) is 0.286. The molecular formula is C14H16N2O3. The van der Waals surface area contributed by atoms with Crippen molar-refractivity contribution in [3.8, 4) is 17.0 Å². The number of hydrogen-bond donors (Lipinski definition) is 2. The second-order valence-corrected chi connectivity index (χ2v) is 4.16. The van der Waals surface area contributed by atoms with Gasteiger partial charge in [0.25, 0.3) is 0 Å². The van der Waals surface area contributed by atoms with Crippen molar-refractivity contribution in [2.24, 2.45) is 0 Å². The minimum absolute atomic E-state index is 0.0969. The number of aromatic amines is 1. The number of carboxylic acid groups (broad SMARTS) is 1. The van der Waals surface area contributed by atoms with E-state index in [9.17, 15) is 4.79 Å². The SMILES string of the molecule is CCCCOc1ccc(-c2nc[nH]c2C(=O)O)cc1. The fourth-order valence-corrected chi connectivity index (χ4v) is 1.72. The van der Waals surface area contributed by atoms with Crippen molar-refractivity contribution >= 4 is 5.97 Å². The number of H-pyrrole nitrogens is 1. The highest BCUT2D eigenvalue weighted by molar-refractivity contribution is 5.92. The van der Waals surface area contributed by atoms with Crippen LogP contribution in [0.25, 0.3) is 11.3 Å². The van der Waals surface area contributed by atoms with Crippen LogP contribution >= 0.6 is 0 Å². The Morgan fingerprint density at radius 3 is 2.74 bits per heavy atom. The van der Waals surface area contributed by atoms with E-state index in [0.29, 0.717) is 12.3 Å². The van der Waals surface area contributed by atoms with Crippen LogP contribution in [0.15, 0.2) is 30.6 Å². The van der Waals surface area contributed by atoms with Crippen molar-refractivity contribution in [2.75, 3.05) is 6.61 Å². The summed E-state index contributed by atoms with van der Waals surface area (Å²) in [7, 11) is 0. The molecule has 1 aromatic heterocycles. The second kappa shape index (κ2) is 6.04. The molecule has 5 nitrogen and oxygen atoms in total. The van der Waals surface area contributed by atoms with Gasteiger partial charge in [-0.3, -0.25) is 0 Å². The minimum Gasteiger partial charge on any atom is -0.494 e. The van der Waals surface area contributed by atoms with Crippen LogP contribution in [0, 0.1) is 0 Å². The van der Waals surface area contributed by atoms with Gasteiger partial charge in [0.2, 0.25) is 0 Å². The van der Waals surface area contributed by atoms with Crippen LogP contribution in [0.3, 0.4) is 0 Å². The molecule has 0 amide bonds. The number of unbranched alkanes of at least 4 members (excludes halogenated alkanes) is 1. The van der Waals surface area contributed by atoms with Gasteiger partial charge in [-0.1, -0.05) is 13.3 Å². The summed E-state index contributed by atoms with van der Waals surface area (Å²) in [5.41, 5.74) is 1.29.